The first kappa shape index (κ1) is 6.22. The zero-order valence-corrected chi connectivity index (χ0v) is 5.29. The molecule has 4 nitrogen and oxygen atoms in total. The molecular formula is C5H7N2O2. The zero-order valence-electron chi connectivity index (χ0n) is 5.29. The second-order valence-electron chi connectivity index (χ2n) is 1.61. The molecule has 0 aliphatic carbocycles. The Kier molecular flexibility index (Phi) is 1.79. The molecule has 0 unspecified atom stereocenters. The predicted molar refractivity (Wildman–Crippen MR) is 28.6 cm³/mol. The molecule has 9 heavy (non-hydrogen) atoms. The molecule has 0 spiro atoms. The van der Waals surface area contributed by atoms with Gasteiger partial charge in [-0.05, 0) is 6.92 Å². The molecule has 1 aromatic rings. The number of methoxy groups -OCH3 is 1. The summed E-state index contributed by atoms with van der Waals surface area (Å²) < 4.78 is 9.52. The van der Waals surface area contributed by atoms with Gasteiger partial charge in [-0.1, -0.05) is 5.16 Å². The average molecular weight is 127 g/mol. The largest absolute Gasteiger partial charge is 0.372 e. The summed E-state index contributed by atoms with van der Waals surface area (Å²) in [5.74, 6) is 0.456. The van der Waals surface area contributed by atoms with Crippen molar-refractivity contribution in [1.29, 1.82) is 0 Å². The molecule has 4 heteroatoms. The molecule has 1 heterocycles. The van der Waals surface area contributed by atoms with Gasteiger partial charge in [0.2, 0.25) is 6.33 Å². The Bertz CT molecular complexity index is 161. The summed E-state index contributed by atoms with van der Waals surface area (Å²) >= 11 is 0. The molecule has 1 atom stereocenters. The van der Waals surface area contributed by atoms with Crippen molar-refractivity contribution >= 4 is 0 Å². The van der Waals surface area contributed by atoms with Crippen molar-refractivity contribution in [3.05, 3.63) is 12.2 Å². The molecule has 1 radical (unpaired) electrons. The number of ether oxygens (including phenoxy) is 1. The van der Waals surface area contributed by atoms with Crippen molar-refractivity contribution < 1.29 is 9.26 Å². The third-order valence-corrected chi connectivity index (χ3v) is 1.04. The van der Waals surface area contributed by atoms with Crippen LogP contribution >= 0.6 is 0 Å². The van der Waals surface area contributed by atoms with Crippen LogP contribution in [-0.2, 0) is 4.74 Å². The minimum atomic E-state index is -0.135. The number of rotatable bonds is 2. The van der Waals surface area contributed by atoms with Crippen LogP contribution in [0.15, 0.2) is 4.52 Å². The van der Waals surface area contributed by atoms with E-state index in [9.17, 15) is 0 Å². The van der Waals surface area contributed by atoms with E-state index < -0.39 is 0 Å². The summed E-state index contributed by atoms with van der Waals surface area (Å²) in [7, 11) is 1.58. The van der Waals surface area contributed by atoms with Crippen LogP contribution in [0.25, 0.3) is 0 Å². The topological polar surface area (TPSA) is 48.2 Å². The first-order chi connectivity index (χ1) is 4.34. The van der Waals surface area contributed by atoms with E-state index in [1.807, 2.05) is 6.92 Å². The Morgan fingerprint density at radius 2 is 2.56 bits per heavy atom. The Labute approximate surface area is 52.8 Å². The highest BCUT2D eigenvalue weighted by atomic mass is 16.5. The van der Waals surface area contributed by atoms with Crippen LogP contribution in [0.3, 0.4) is 0 Å². The van der Waals surface area contributed by atoms with Crippen LogP contribution < -0.4 is 0 Å². The number of hydrogen-bond donors (Lipinski definition) is 0. The molecule has 0 aliphatic rings. The van der Waals surface area contributed by atoms with E-state index in [0.29, 0.717) is 5.89 Å². The number of aromatic nitrogens is 2. The minimum absolute atomic E-state index is 0.135. The maximum absolute atomic E-state index is 4.88. The van der Waals surface area contributed by atoms with Gasteiger partial charge in [-0.2, -0.15) is 4.98 Å². The van der Waals surface area contributed by atoms with Gasteiger partial charge < -0.3 is 9.26 Å². The molecule has 0 saturated carbocycles. The fourth-order valence-corrected chi connectivity index (χ4v) is 0.423. The second-order valence-corrected chi connectivity index (χ2v) is 1.61. The van der Waals surface area contributed by atoms with Crippen LogP contribution in [0.5, 0.6) is 0 Å². The van der Waals surface area contributed by atoms with Crippen molar-refractivity contribution in [2.45, 2.75) is 13.0 Å². The van der Waals surface area contributed by atoms with Crippen LogP contribution in [-0.4, -0.2) is 17.3 Å². The molecule has 0 bridgehead atoms. The monoisotopic (exact) mass is 127 g/mol. The maximum Gasteiger partial charge on any atom is 0.255 e. The van der Waals surface area contributed by atoms with Crippen molar-refractivity contribution in [2.75, 3.05) is 7.11 Å². The Balaban J connectivity index is 2.65. The van der Waals surface area contributed by atoms with Gasteiger partial charge in [0.25, 0.3) is 5.89 Å². The zero-order chi connectivity index (χ0) is 6.69. The Morgan fingerprint density at radius 3 is 3.00 bits per heavy atom. The molecule has 1 rings (SSSR count). The van der Waals surface area contributed by atoms with Gasteiger partial charge in [0.05, 0.1) is 0 Å². The summed E-state index contributed by atoms with van der Waals surface area (Å²) in [6, 6.07) is 0. The molecule has 0 amide bonds. The van der Waals surface area contributed by atoms with Gasteiger partial charge in [0, 0.05) is 7.11 Å². The lowest BCUT2D eigenvalue weighted by atomic mass is 10.4. The van der Waals surface area contributed by atoms with Crippen molar-refractivity contribution in [2.24, 2.45) is 0 Å². The second kappa shape index (κ2) is 2.59. The molecule has 0 saturated heterocycles. The molecule has 49 valence electrons. The maximum atomic E-state index is 4.88. The van der Waals surface area contributed by atoms with Gasteiger partial charge in [-0.15, -0.1) is 0 Å². The summed E-state index contributed by atoms with van der Waals surface area (Å²) in [5.41, 5.74) is 0. The SMILES string of the molecule is CO[C@H](C)c1n[c]no1. The van der Waals surface area contributed by atoms with E-state index in [4.69, 9.17) is 4.74 Å². The van der Waals surface area contributed by atoms with E-state index in [2.05, 4.69) is 21.0 Å². The molecule has 0 fully saturated rings. The summed E-state index contributed by atoms with van der Waals surface area (Å²) in [5, 5.41) is 3.30. The smallest absolute Gasteiger partial charge is 0.255 e. The van der Waals surface area contributed by atoms with Gasteiger partial charge in [0.1, 0.15) is 6.10 Å². The number of hydrogen-bond acceptors (Lipinski definition) is 4. The summed E-state index contributed by atoms with van der Waals surface area (Å²) in [6.07, 6.45) is 2.16. The molecule has 1 aromatic heterocycles. The van der Waals surface area contributed by atoms with E-state index in [-0.39, 0.29) is 6.10 Å². The molecular weight excluding hydrogens is 120 g/mol. The van der Waals surface area contributed by atoms with Crippen LogP contribution in [0.2, 0.25) is 0 Å². The van der Waals surface area contributed by atoms with Crippen LogP contribution in [0, 0.1) is 6.33 Å². The van der Waals surface area contributed by atoms with Gasteiger partial charge in [-0.3, -0.25) is 0 Å². The van der Waals surface area contributed by atoms with E-state index in [0.717, 1.165) is 0 Å². The molecule has 0 N–H and O–H groups in total. The van der Waals surface area contributed by atoms with Crippen LogP contribution in [0.4, 0.5) is 0 Å². The number of nitrogens with zero attached hydrogens (tertiary/aromatic N) is 2. The fourth-order valence-electron chi connectivity index (χ4n) is 0.423. The quantitative estimate of drug-likeness (QED) is 0.583. The molecule has 0 aromatic carbocycles. The van der Waals surface area contributed by atoms with Crippen molar-refractivity contribution in [3.63, 3.8) is 0 Å². The lowest BCUT2D eigenvalue weighted by Gasteiger charge is -1.99. The Hall–Kier alpha value is -0.900. The third-order valence-electron chi connectivity index (χ3n) is 1.04. The van der Waals surface area contributed by atoms with Gasteiger partial charge in [-0.25, -0.2) is 0 Å². The minimum Gasteiger partial charge on any atom is -0.372 e. The standard InChI is InChI=1S/C5H7N2O2/c1-4(8-2)5-6-3-7-9-5/h4H,1-2H3/t4-/m1/s1. The third kappa shape index (κ3) is 1.26. The predicted octanol–water partition coefficient (Wildman–Crippen LogP) is 0.577. The van der Waals surface area contributed by atoms with E-state index in [1.54, 1.807) is 7.11 Å². The van der Waals surface area contributed by atoms with Crippen molar-refractivity contribution in [1.82, 2.24) is 10.1 Å². The van der Waals surface area contributed by atoms with E-state index >= 15 is 0 Å². The van der Waals surface area contributed by atoms with Gasteiger partial charge >= 0.3 is 0 Å². The summed E-state index contributed by atoms with van der Waals surface area (Å²) in [4.78, 5) is 3.66. The summed E-state index contributed by atoms with van der Waals surface area (Å²) in [6.45, 7) is 1.82. The molecule has 0 aliphatic heterocycles. The normalized spacial score (nSPS) is 13.6. The van der Waals surface area contributed by atoms with Crippen molar-refractivity contribution in [3.8, 4) is 0 Å². The first-order valence-corrected chi connectivity index (χ1v) is 2.57. The van der Waals surface area contributed by atoms with Gasteiger partial charge in [0.15, 0.2) is 0 Å². The fraction of sp³-hybridized carbons (Fsp3) is 0.600. The highest BCUT2D eigenvalue weighted by molar-refractivity contribution is 4.77. The van der Waals surface area contributed by atoms with Crippen LogP contribution in [0.1, 0.15) is 18.9 Å². The first-order valence-electron chi connectivity index (χ1n) is 2.57. The highest BCUT2D eigenvalue weighted by Crippen LogP contribution is 2.09. The van der Waals surface area contributed by atoms with E-state index in [1.165, 1.54) is 0 Å². The highest BCUT2D eigenvalue weighted by Gasteiger charge is 2.08. The average Bonchev–Trinajstić information content (AvgIpc) is 2.37. The lowest BCUT2D eigenvalue weighted by molar-refractivity contribution is 0.0886. The Morgan fingerprint density at radius 1 is 1.78 bits per heavy atom. The lowest BCUT2D eigenvalue weighted by Crippen LogP contribution is -1.94.